The molecule has 2 aromatic carbocycles. The third-order valence-electron chi connectivity index (χ3n) is 6.02. The van der Waals surface area contributed by atoms with Crippen LogP contribution in [-0.4, -0.2) is 62.5 Å². The van der Waals surface area contributed by atoms with Crippen LogP contribution in [0.2, 0.25) is 0 Å². The highest BCUT2D eigenvalue weighted by Crippen LogP contribution is 2.26. The van der Waals surface area contributed by atoms with Gasteiger partial charge in [-0.1, -0.05) is 30.3 Å². The van der Waals surface area contributed by atoms with Gasteiger partial charge in [0.25, 0.3) is 11.6 Å². The maximum Gasteiger partial charge on any atom is 0.274 e. The number of aromatic nitrogens is 2. The summed E-state index contributed by atoms with van der Waals surface area (Å²) < 4.78 is 1.51. The van der Waals surface area contributed by atoms with E-state index in [4.69, 9.17) is 0 Å². The minimum Gasteiger partial charge on any atom is -0.338 e. The lowest BCUT2D eigenvalue weighted by atomic mass is 9.83. The lowest BCUT2D eigenvalue weighted by Gasteiger charge is -2.38. The largest absolute Gasteiger partial charge is 0.338 e. The summed E-state index contributed by atoms with van der Waals surface area (Å²) in [5.74, 6) is -0.159. The summed E-state index contributed by atoms with van der Waals surface area (Å²) in [7, 11) is 0. The molecule has 0 bridgehead atoms. The molecule has 9 heteroatoms. The van der Waals surface area contributed by atoms with Crippen LogP contribution >= 0.6 is 0 Å². The van der Waals surface area contributed by atoms with E-state index in [1.54, 1.807) is 29.3 Å². The number of hydrogen-bond donors (Lipinski definition) is 0. The molecule has 0 radical (unpaired) electrons. The van der Waals surface area contributed by atoms with Crippen molar-refractivity contribution in [3.8, 4) is 5.69 Å². The number of nitro groups is 1. The van der Waals surface area contributed by atoms with Gasteiger partial charge in [-0.05, 0) is 37.6 Å². The summed E-state index contributed by atoms with van der Waals surface area (Å²) in [6, 6.07) is 17.3. The molecule has 0 unspecified atom stereocenters. The standard InChI is InChI=1S/C24H25N5O4/c1-24(2,18-6-4-3-5-7-18)23(31)27-16-14-26(15-17-27)22(30)21-12-13-28(25-21)19-8-10-20(11-9-19)29(32)33/h3-13H,14-17H2,1-2H3. The summed E-state index contributed by atoms with van der Waals surface area (Å²) in [5.41, 5.74) is 1.23. The van der Waals surface area contributed by atoms with Crippen LogP contribution in [0.5, 0.6) is 0 Å². The first-order valence-corrected chi connectivity index (χ1v) is 10.7. The molecule has 1 saturated heterocycles. The molecule has 1 aromatic heterocycles. The molecule has 1 aliphatic heterocycles. The SMILES string of the molecule is CC(C)(C(=O)N1CCN(C(=O)c2ccn(-c3ccc([N+](=O)[O-])cc3)n2)CC1)c1ccccc1. The maximum atomic E-state index is 13.2. The van der Waals surface area contributed by atoms with E-state index in [0.29, 0.717) is 31.9 Å². The first kappa shape index (κ1) is 22.2. The number of carbonyl (C=O) groups is 2. The monoisotopic (exact) mass is 447 g/mol. The lowest BCUT2D eigenvalue weighted by molar-refractivity contribution is -0.384. The van der Waals surface area contributed by atoms with Crippen molar-refractivity contribution in [3.05, 3.63) is 88.2 Å². The normalized spacial score (nSPS) is 14.2. The molecule has 170 valence electrons. The van der Waals surface area contributed by atoms with E-state index in [-0.39, 0.29) is 23.2 Å². The van der Waals surface area contributed by atoms with Crippen molar-refractivity contribution in [1.29, 1.82) is 0 Å². The van der Waals surface area contributed by atoms with Gasteiger partial charge in [-0.2, -0.15) is 5.10 Å². The van der Waals surface area contributed by atoms with Gasteiger partial charge in [-0.3, -0.25) is 19.7 Å². The van der Waals surface area contributed by atoms with Gasteiger partial charge >= 0.3 is 0 Å². The van der Waals surface area contributed by atoms with Crippen LogP contribution in [0.1, 0.15) is 29.9 Å². The Morgan fingerprint density at radius 3 is 2.12 bits per heavy atom. The van der Waals surface area contributed by atoms with Crippen LogP contribution < -0.4 is 0 Å². The molecule has 0 N–H and O–H groups in total. The van der Waals surface area contributed by atoms with Crippen molar-refractivity contribution >= 4 is 17.5 Å². The summed E-state index contributed by atoms with van der Waals surface area (Å²) in [6.07, 6.45) is 1.65. The molecule has 33 heavy (non-hydrogen) atoms. The first-order chi connectivity index (χ1) is 15.8. The zero-order valence-corrected chi connectivity index (χ0v) is 18.5. The fraction of sp³-hybridized carbons (Fsp3) is 0.292. The lowest BCUT2D eigenvalue weighted by Crippen LogP contribution is -2.54. The van der Waals surface area contributed by atoms with Crippen LogP contribution in [0.15, 0.2) is 66.9 Å². The van der Waals surface area contributed by atoms with E-state index in [1.165, 1.54) is 16.8 Å². The van der Waals surface area contributed by atoms with E-state index in [0.717, 1.165) is 5.56 Å². The zero-order valence-electron chi connectivity index (χ0n) is 18.5. The second kappa shape index (κ2) is 8.85. The number of nitro benzene ring substituents is 1. The van der Waals surface area contributed by atoms with Crippen LogP contribution in [0.3, 0.4) is 0 Å². The summed E-state index contributed by atoms with van der Waals surface area (Å²) in [6.45, 7) is 5.63. The molecule has 0 aliphatic carbocycles. The number of piperazine rings is 1. The van der Waals surface area contributed by atoms with Gasteiger partial charge in [-0.15, -0.1) is 0 Å². The second-order valence-corrected chi connectivity index (χ2v) is 8.49. The van der Waals surface area contributed by atoms with Crippen molar-refractivity contribution in [2.45, 2.75) is 19.3 Å². The molecule has 9 nitrogen and oxygen atoms in total. The molecule has 0 saturated carbocycles. The van der Waals surface area contributed by atoms with Gasteiger partial charge in [0.15, 0.2) is 5.69 Å². The molecule has 1 fully saturated rings. The molecule has 0 atom stereocenters. The van der Waals surface area contributed by atoms with Crippen molar-refractivity contribution < 1.29 is 14.5 Å². The topological polar surface area (TPSA) is 102 Å². The average molecular weight is 447 g/mol. The Hall–Kier alpha value is -4.01. The summed E-state index contributed by atoms with van der Waals surface area (Å²) >= 11 is 0. The summed E-state index contributed by atoms with van der Waals surface area (Å²) in [5, 5.41) is 15.2. The first-order valence-electron chi connectivity index (χ1n) is 10.7. The highest BCUT2D eigenvalue weighted by Gasteiger charge is 2.36. The number of amides is 2. The van der Waals surface area contributed by atoms with Gasteiger partial charge in [0.1, 0.15) is 0 Å². The Morgan fingerprint density at radius 2 is 1.52 bits per heavy atom. The molecule has 3 aromatic rings. The minimum atomic E-state index is -0.642. The Morgan fingerprint density at radius 1 is 0.909 bits per heavy atom. The highest BCUT2D eigenvalue weighted by molar-refractivity contribution is 5.93. The second-order valence-electron chi connectivity index (χ2n) is 8.49. The van der Waals surface area contributed by atoms with Crippen LogP contribution in [0.4, 0.5) is 5.69 Å². The van der Waals surface area contributed by atoms with Gasteiger partial charge in [0, 0.05) is 44.5 Å². The average Bonchev–Trinajstić information content (AvgIpc) is 3.34. The van der Waals surface area contributed by atoms with Gasteiger partial charge in [0.2, 0.25) is 5.91 Å². The Labute approximate surface area is 191 Å². The quantitative estimate of drug-likeness (QED) is 0.442. The third-order valence-corrected chi connectivity index (χ3v) is 6.02. The van der Waals surface area contributed by atoms with E-state index in [2.05, 4.69) is 5.10 Å². The third kappa shape index (κ3) is 4.48. The Kier molecular flexibility index (Phi) is 5.95. The number of nitrogens with zero attached hydrogens (tertiary/aromatic N) is 5. The molecular formula is C24H25N5O4. The van der Waals surface area contributed by atoms with Crippen molar-refractivity contribution in [1.82, 2.24) is 19.6 Å². The van der Waals surface area contributed by atoms with Crippen molar-refractivity contribution in [2.24, 2.45) is 0 Å². The van der Waals surface area contributed by atoms with E-state index >= 15 is 0 Å². The van der Waals surface area contributed by atoms with Crippen molar-refractivity contribution in [2.75, 3.05) is 26.2 Å². The fourth-order valence-electron chi connectivity index (χ4n) is 3.96. The van der Waals surface area contributed by atoms with Crippen LogP contribution in [0.25, 0.3) is 5.69 Å². The number of benzene rings is 2. The molecular weight excluding hydrogens is 422 g/mol. The van der Waals surface area contributed by atoms with E-state index in [9.17, 15) is 19.7 Å². The van der Waals surface area contributed by atoms with E-state index in [1.807, 2.05) is 49.1 Å². The van der Waals surface area contributed by atoms with Gasteiger partial charge < -0.3 is 9.80 Å². The molecule has 1 aliphatic rings. The van der Waals surface area contributed by atoms with Gasteiger partial charge in [-0.25, -0.2) is 4.68 Å². The molecule has 4 rings (SSSR count). The van der Waals surface area contributed by atoms with E-state index < -0.39 is 10.3 Å². The smallest absolute Gasteiger partial charge is 0.274 e. The predicted octanol–water partition coefficient (Wildman–Crippen LogP) is 3.04. The highest BCUT2D eigenvalue weighted by atomic mass is 16.6. The van der Waals surface area contributed by atoms with Crippen LogP contribution in [0, 0.1) is 10.1 Å². The zero-order chi connectivity index (χ0) is 23.6. The minimum absolute atomic E-state index is 0.00920. The Balaban J connectivity index is 1.39. The number of rotatable bonds is 5. The Bertz CT molecular complexity index is 1160. The molecule has 2 amide bonds. The predicted molar refractivity (Wildman–Crippen MR) is 122 cm³/mol. The molecule has 0 spiro atoms. The number of non-ortho nitro benzene ring substituents is 1. The summed E-state index contributed by atoms with van der Waals surface area (Å²) in [4.78, 5) is 40.0. The number of carbonyl (C=O) groups excluding carboxylic acids is 2. The van der Waals surface area contributed by atoms with Crippen LogP contribution in [-0.2, 0) is 10.2 Å². The fourth-order valence-corrected chi connectivity index (χ4v) is 3.96. The molecule has 2 heterocycles. The number of hydrogen-bond acceptors (Lipinski definition) is 5. The maximum absolute atomic E-state index is 13.2. The van der Waals surface area contributed by atoms with Crippen molar-refractivity contribution in [3.63, 3.8) is 0 Å². The van der Waals surface area contributed by atoms with Gasteiger partial charge in [0.05, 0.1) is 16.0 Å².